The van der Waals surface area contributed by atoms with Crippen LogP contribution in [0.3, 0.4) is 0 Å². The number of hydrogen-bond donors (Lipinski definition) is 1. The van der Waals surface area contributed by atoms with Gasteiger partial charge in [0.05, 0.1) is 0 Å². The molecule has 0 radical (unpaired) electrons. The number of carbonyl (C=O) groups excluding carboxylic acids is 2. The van der Waals surface area contributed by atoms with Crippen LogP contribution in [-0.2, 0) is 17.8 Å². The number of nitrogens with zero attached hydrogens (tertiary/aromatic N) is 2. The SMILES string of the molecule is Cc1ccc(CN2CCN(CC(=O)NCCc3ccccc3)C2=O)cc1. The van der Waals surface area contributed by atoms with Crippen LogP contribution in [0.5, 0.6) is 0 Å². The molecule has 0 atom stereocenters. The highest BCUT2D eigenvalue weighted by molar-refractivity contribution is 5.85. The van der Waals surface area contributed by atoms with Gasteiger partial charge in [-0.3, -0.25) is 4.79 Å². The van der Waals surface area contributed by atoms with Crippen LogP contribution < -0.4 is 5.32 Å². The molecule has 0 unspecified atom stereocenters. The molecule has 1 saturated heterocycles. The lowest BCUT2D eigenvalue weighted by Gasteiger charge is -2.18. The standard InChI is InChI=1S/C21H25N3O2/c1-17-7-9-19(10-8-17)15-23-13-14-24(21(23)26)16-20(25)22-12-11-18-5-3-2-4-6-18/h2-10H,11-16H2,1H3,(H,22,25). The van der Waals surface area contributed by atoms with Crippen molar-refractivity contribution in [2.75, 3.05) is 26.2 Å². The van der Waals surface area contributed by atoms with Crippen molar-refractivity contribution in [2.24, 2.45) is 0 Å². The quantitative estimate of drug-likeness (QED) is 0.834. The summed E-state index contributed by atoms with van der Waals surface area (Å²) in [4.78, 5) is 28.0. The summed E-state index contributed by atoms with van der Waals surface area (Å²) >= 11 is 0. The van der Waals surface area contributed by atoms with Crippen molar-refractivity contribution in [3.63, 3.8) is 0 Å². The third-order valence-electron chi connectivity index (χ3n) is 4.59. The van der Waals surface area contributed by atoms with Gasteiger partial charge in [-0.15, -0.1) is 0 Å². The van der Waals surface area contributed by atoms with Gasteiger partial charge >= 0.3 is 6.03 Å². The molecule has 0 aliphatic carbocycles. The van der Waals surface area contributed by atoms with Crippen LogP contribution in [0.15, 0.2) is 54.6 Å². The van der Waals surface area contributed by atoms with Gasteiger partial charge in [-0.25, -0.2) is 4.79 Å². The van der Waals surface area contributed by atoms with Crippen LogP contribution in [0, 0.1) is 6.92 Å². The Morgan fingerprint density at radius 1 is 0.962 bits per heavy atom. The molecular weight excluding hydrogens is 326 g/mol. The molecule has 1 N–H and O–H groups in total. The second-order valence-electron chi connectivity index (χ2n) is 6.70. The molecular formula is C21H25N3O2. The smallest absolute Gasteiger partial charge is 0.320 e. The van der Waals surface area contributed by atoms with Gasteiger partial charge in [0.25, 0.3) is 0 Å². The largest absolute Gasteiger partial charge is 0.354 e. The average Bonchev–Trinajstić information content (AvgIpc) is 2.98. The lowest BCUT2D eigenvalue weighted by molar-refractivity contribution is -0.121. The average molecular weight is 351 g/mol. The molecule has 136 valence electrons. The summed E-state index contributed by atoms with van der Waals surface area (Å²) in [5.41, 5.74) is 3.50. The van der Waals surface area contributed by atoms with Gasteiger partial charge in [0.2, 0.25) is 5.91 Å². The second kappa shape index (κ2) is 8.52. The number of rotatable bonds is 7. The van der Waals surface area contributed by atoms with E-state index < -0.39 is 0 Å². The van der Waals surface area contributed by atoms with E-state index in [1.807, 2.05) is 61.5 Å². The van der Waals surface area contributed by atoms with E-state index in [4.69, 9.17) is 0 Å². The molecule has 1 aliphatic rings. The molecule has 1 aliphatic heterocycles. The Balaban J connectivity index is 1.43. The molecule has 1 heterocycles. The Hall–Kier alpha value is -2.82. The summed E-state index contributed by atoms with van der Waals surface area (Å²) < 4.78 is 0. The molecule has 0 saturated carbocycles. The monoisotopic (exact) mass is 351 g/mol. The maximum absolute atomic E-state index is 12.5. The summed E-state index contributed by atoms with van der Waals surface area (Å²) in [5.74, 6) is -0.105. The predicted octanol–water partition coefficient (Wildman–Crippen LogP) is 2.59. The molecule has 0 spiro atoms. The van der Waals surface area contributed by atoms with E-state index in [1.165, 1.54) is 11.1 Å². The normalized spacial score (nSPS) is 14.0. The van der Waals surface area contributed by atoms with Gasteiger partial charge in [0, 0.05) is 26.2 Å². The van der Waals surface area contributed by atoms with Crippen molar-refractivity contribution < 1.29 is 9.59 Å². The zero-order valence-electron chi connectivity index (χ0n) is 15.1. The van der Waals surface area contributed by atoms with Gasteiger partial charge < -0.3 is 15.1 Å². The molecule has 26 heavy (non-hydrogen) atoms. The van der Waals surface area contributed by atoms with Gasteiger partial charge in [-0.1, -0.05) is 60.2 Å². The van der Waals surface area contributed by atoms with Crippen LogP contribution in [0.1, 0.15) is 16.7 Å². The zero-order chi connectivity index (χ0) is 18.4. The number of aryl methyl sites for hydroxylation is 1. The minimum Gasteiger partial charge on any atom is -0.354 e. The maximum atomic E-state index is 12.5. The fourth-order valence-corrected chi connectivity index (χ4v) is 3.06. The van der Waals surface area contributed by atoms with Crippen molar-refractivity contribution in [1.29, 1.82) is 0 Å². The van der Waals surface area contributed by atoms with Gasteiger partial charge in [-0.2, -0.15) is 0 Å². The molecule has 5 heteroatoms. The minimum atomic E-state index is -0.105. The first-order chi connectivity index (χ1) is 12.6. The summed E-state index contributed by atoms with van der Waals surface area (Å²) in [7, 11) is 0. The van der Waals surface area contributed by atoms with E-state index in [0.717, 1.165) is 12.0 Å². The molecule has 3 amide bonds. The van der Waals surface area contributed by atoms with E-state index in [-0.39, 0.29) is 18.5 Å². The van der Waals surface area contributed by atoms with Crippen molar-refractivity contribution >= 4 is 11.9 Å². The lowest BCUT2D eigenvalue weighted by atomic mass is 10.1. The van der Waals surface area contributed by atoms with E-state index in [9.17, 15) is 9.59 Å². The highest BCUT2D eigenvalue weighted by atomic mass is 16.2. The number of amides is 3. The Bertz CT molecular complexity index is 744. The number of benzene rings is 2. The highest BCUT2D eigenvalue weighted by Gasteiger charge is 2.29. The third kappa shape index (κ3) is 4.85. The Morgan fingerprint density at radius 2 is 1.65 bits per heavy atom. The Kier molecular flexibility index (Phi) is 5.89. The van der Waals surface area contributed by atoms with E-state index >= 15 is 0 Å². The molecule has 5 nitrogen and oxygen atoms in total. The number of carbonyl (C=O) groups is 2. The van der Waals surface area contributed by atoms with Gasteiger partial charge in [-0.05, 0) is 24.5 Å². The first kappa shape index (κ1) is 18.0. The highest BCUT2D eigenvalue weighted by Crippen LogP contribution is 2.13. The minimum absolute atomic E-state index is 0.0659. The van der Waals surface area contributed by atoms with Crippen molar-refractivity contribution in [3.05, 3.63) is 71.3 Å². The van der Waals surface area contributed by atoms with Gasteiger partial charge in [0.15, 0.2) is 0 Å². The maximum Gasteiger partial charge on any atom is 0.320 e. The molecule has 2 aromatic carbocycles. The summed E-state index contributed by atoms with van der Waals surface area (Å²) in [6.45, 7) is 4.59. The van der Waals surface area contributed by atoms with E-state index in [2.05, 4.69) is 5.32 Å². The van der Waals surface area contributed by atoms with Crippen LogP contribution in [-0.4, -0.2) is 47.9 Å². The topological polar surface area (TPSA) is 52.6 Å². The molecule has 0 bridgehead atoms. The van der Waals surface area contributed by atoms with Crippen LogP contribution in [0.25, 0.3) is 0 Å². The molecule has 2 aromatic rings. The van der Waals surface area contributed by atoms with Crippen molar-refractivity contribution in [1.82, 2.24) is 15.1 Å². The van der Waals surface area contributed by atoms with Crippen molar-refractivity contribution in [3.8, 4) is 0 Å². The first-order valence-corrected chi connectivity index (χ1v) is 9.02. The lowest BCUT2D eigenvalue weighted by Crippen LogP contribution is -2.40. The summed E-state index contributed by atoms with van der Waals surface area (Å²) in [5, 5.41) is 2.90. The Labute approximate surface area is 154 Å². The summed E-state index contributed by atoms with van der Waals surface area (Å²) in [6, 6.07) is 18.2. The zero-order valence-corrected chi connectivity index (χ0v) is 15.1. The fraction of sp³-hybridized carbons (Fsp3) is 0.333. The van der Waals surface area contributed by atoms with Crippen LogP contribution >= 0.6 is 0 Å². The van der Waals surface area contributed by atoms with Gasteiger partial charge in [0.1, 0.15) is 6.54 Å². The first-order valence-electron chi connectivity index (χ1n) is 9.02. The van der Waals surface area contributed by atoms with Crippen LogP contribution in [0.4, 0.5) is 4.79 Å². The fourth-order valence-electron chi connectivity index (χ4n) is 3.06. The predicted molar refractivity (Wildman–Crippen MR) is 102 cm³/mol. The molecule has 3 rings (SSSR count). The third-order valence-corrected chi connectivity index (χ3v) is 4.59. The number of nitrogens with one attached hydrogen (secondary N) is 1. The number of urea groups is 1. The van der Waals surface area contributed by atoms with Crippen molar-refractivity contribution in [2.45, 2.75) is 19.9 Å². The van der Waals surface area contributed by atoms with Crippen LogP contribution in [0.2, 0.25) is 0 Å². The van der Waals surface area contributed by atoms with E-state index in [0.29, 0.717) is 26.2 Å². The second-order valence-corrected chi connectivity index (χ2v) is 6.70. The molecule has 0 aromatic heterocycles. The molecule has 1 fully saturated rings. The van der Waals surface area contributed by atoms with E-state index in [1.54, 1.807) is 9.80 Å². The number of hydrogen-bond acceptors (Lipinski definition) is 2. The Morgan fingerprint density at radius 3 is 2.38 bits per heavy atom. The summed E-state index contributed by atoms with van der Waals surface area (Å²) in [6.07, 6.45) is 0.792.